The van der Waals surface area contributed by atoms with E-state index >= 15 is 0 Å². The van der Waals surface area contributed by atoms with Gasteiger partial charge in [-0.3, -0.25) is 9.69 Å². The SMILES string of the molecule is CC1(C)CN(CC(=O)NCC2COc3ccccc3O2)CCC1N.Cl. The molecule has 2 aliphatic heterocycles. The molecular formula is C18H28ClN3O3. The van der Waals surface area contributed by atoms with Crippen LogP contribution in [0.2, 0.25) is 0 Å². The van der Waals surface area contributed by atoms with Gasteiger partial charge < -0.3 is 20.5 Å². The smallest absolute Gasteiger partial charge is 0.234 e. The fraction of sp³-hybridized carbons (Fsp3) is 0.611. The molecule has 0 spiro atoms. The predicted molar refractivity (Wildman–Crippen MR) is 99.4 cm³/mol. The molecule has 2 heterocycles. The second-order valence-corrected chi connectivity index (χ2v) is 7.40. The topological polar surface area (TPSA) is 76.8 Å². The van der Waals surface area contributed by atoms with Crippen LogP contribution in [-0.2, 0) is 4.79 Å². The van der Waals surface area contributed by atoms with Gasteiger partial charge in [-0.25, -0.2) is 0 Å². The van der Waals surface area contributed by atoms with Crippen LogP contribution in [0.3, 0.4) is 0 Å². The van der Waals surface area contributed by atoms with Gasteiger partial charge in [-0.1, -0.05) is 26.0 Å². The molecule has 0 bridgehead atoms. The maximum absolute atomic E-state index is 12.2. The van der Waals surface area contributed by atoms with Gasteiger partial charge in [0, 0.05) is 19.1 Å². The Hall–Kier alpha value is -1.50. The molecule has 2 atom stereocenters. The molecule has 140 valence electrons. The molecule has 2 aliphatic rings. The molecule has 0 radical (unpaired) electrons. The van der Waals surface area contributed by atoms with Crippen LogP contribution in [0.1, 0.15) is 20.3 Å². The zero-order chi connectivity index (χ0) is 17.2. The van der Waals surface area contributed by atoms with Crippen LogP contribution in [0.25, 0.3) is 0 Å². The number of likely N-dealkylation sites (tertiary alicyclic amines) is 1. The second-order valence-electron chi connectivity index (χ2n) is 7.40. The van der Waals surface area contributed by atoms with Crippen molar-refractivity contribution in [3.8, 4) is 11.5 Å². The van der Waals surface area contributed by atoms with E-state index < -0.39 is 0 Å². The molecule has 6 nitrogen and oxygen atoms in total. The minimum absolute atomic E-state index is 0. The zero-order valence-electron chi connectivity index (χ0n) is 14.9. The fourth-order valence-corrected chi connectivity index (χ4v) is 3.27. The number of fused-ring (bicyclic) bond motifs is 1. The third-order valence-electron chi connectivity index (χ3n) is 4.85. The van der Waals surface area contributed by atoms with Crippen molar-refractivity contribution in [2.75, 3.05) is 32.8 Å². The first-order valence-electron chi connectivity index (χ1n) is 8.57. The molecule has 3 N–H and O–H groups in total. The Bertz CT molecular complexity index is 597. The van der Waals surface area contributed by atoms with Gasteiger partial charge in [0.2, 0.25) is 5.91 Å². The molecule has 0 aromatic heterocycles. The quantitative estimate of drug-likeness (QED) is 0.839. The number of hydrogen-bond acceptors (Lipinski definition) is 5. The molecule has 2 unspecified atom stereocenters. The number of piperidine rings is 1. The van der Waals surface area contributed by atoms with E-state index in [4.69, 9.17) is 15.2 Å². The van der Waals surface area contributed by atoms with Crippen LogP contribution in [0.5, 0.6) is 11.5 Å². The summed E-state index contributed by atoms with van der Waals surface area (Å²) in [5.41, 5.74) is 6.19. The van der Waals surface area contributed by atoms with Crippen molar-refractivity contribution in [1.82, 2.24) is 10.2 Å². The lowest BCUT2D eigenvalue weighted by atomic mass is 9.80. The summed E-state index contributed by atoms with van der Waals surface area (Å²) in [5.74, 6) is 1.51. The predicted octanol–water partition coefficient (Wildman–Crippen LogP) is 1.42. The lowest BCUT2D eigenvalue weighted by molar-refractivity contribution is -0.123. The normalized spacial score (nSPS) is 24.9. The van der Waals surface area contributed by atoms with E-state index in [2.05, 4.69) is 24.1 Å². The molecule has 1 aromatic carbocycles. The minimum atomic E-state index is -0.157. The fourth-order valence-electron chi connectivity index (χ4n) is 3.27. The van der Waals surface area contributed by atoms with Crippen molar-refractivity contribution < 1.29 is 14.3 Å². The van der Waals surface area contributed by atoms with Crippen molar-refractivity contribution in [2.45, 2.75) is 32.4 Å². The highest BCUT2D eigenvalue weighted by Crippen LogP contribution is 2.30. The van der Waals surface area contributed by atoms with E-state index in [1.807, 2.05) is 24.3 Å². The van der Waals surface area contributed by atoms with Gasteiger partial charge in [0.1, 0.15) is 12.7 Å². The van der Waals surface area contributed by atoms with Crippen LogP contribution in [-0.4, -0.2) is 55.7 Å². The number of ether oxygens (including phenoxy) is 2. The first-order valence-corrected chi connectivity index (χ1v) is 8.57. The van der Waals surface area contributed by atoms with E-state index in [0.29, 0.717) is 19.7 Å². The van der Waals surface area contributed by atoms with Gasteiger partial charge in [0.15, 0.2) is 11.5 Å². The summed E-state index contributed by atoms with van der Waals surface area (Å²) < 4.78 is 11.5. The number of nitrogens with zero attached hydrogens (tertiary/aromatic N) is 1. The van der Waals surface area contributed by atoms with Crippen LogP contribution in [0.15, 0.2) is 24.3 Å². The Morgan fingerprint density at radius 3 is 2.80 bits per heavy atom. The van der Waals surface area contributed by atoms with Crippen LogP contribution in [0.4, 0.5) is 0 Å². The van der Waals surface area contributed by atoms with Crippen molar-refractivity contribution in [3.63, 3.8) is 0 Å². The van der Waals surface area contributed by atoms with Gasteiger partial charge in [0.05, 0.1) is 13.1 Å². The highest BCUT2D eigenvalue weighted by molar-refractivity contribution is 5.85. The Morgan fingerprint density at radius 1 is 1.36 bits per heavy atom. The molecule has 1 fully saturated rings. The third-order valence-corrected chi connectivity index (χ3v) is 4.85. The summed E-state index contributed by atoms with van der Waals surface area (Å²) in [5, 5.41) is 2.95. The Labute approximate surface area is 155 Å². The Kier molecular flexibility index (Phi) is 6.54. The average Bonchev–Trinajstić information content (AvgIpc) is 2.56. The van der Waals surface area contributed by atoms with E-state index in [1.165, 1.54) is 0 Å². The molecule has 25 heavy (non-hydrogen) atoms. The molecule has 1 amide bonds. The minimum Gasteiger partial charge on any atom is -0.486 e. The molecule has 1 aromatic rings. The Morgan fingerprint density at radius 2 is 2.08 bits per heavy atom. The number of nitrogens with two attached hydrogens (primary N) is 1. The number of carbonyl (C=O) groups is 1. The lowest BCUT2D eigenvalue weighted by Gasteiger charge is -2.42. The largest absolute Gasteiger partial charge is 0.486 e. The summed E-state index contributed by atoms with van der Waals surface area (Å²) in [6.45, 7) is 7.33. The molecule has 0 aliphatic carbocycles. The maximum Gasteiger partial charge on any atom is 0.234 e. The van der Waals surface area contributed by atoms with E-state index in [9.17, 15) is 4.79 Å². The highest BCUT2D eigenvalue weighted by Gasteiger charge is 2.34. The number of rotatable bonds is 4. The second kappa shape index (κ2) is 8.25. The lowest BCUT2D eigenvalue weighted by Crippen LogP contribution is -2.54. The van der Waals surface area contributed by atoms with Crippen molar-refractivity contribution >= 4 is 18.3 Å². The molecular weight excluding hydrogens is 342 g/mol. The molecule has 1 saturated heterocycles. The molecule has 0 saturated carbocycles. The monoisotopic (exact) mass is 369 g/mol. The number of benzene rings is 1. The first kappa shape index (κ1) is 19.8. The van der Waals surface area contributed by atoms with Crippen LogP contribution in [0, 0.1) is 5.41 Å². The van der Waals surface area contributed by atoms with Gasteiger partial charge in [-0.05, 0) is 24.0 Å². The van der Waals surface area contributed by atoms with E-state index in [-0.39, 0.29) is 35.9 Å². The van der Waals surface area contributed by atoms with Crippen LogP contribution >= 0.6 is 12.4 Å². The summed E-state index contributed by atoms with van der Waals surface area (Å²) in [6, 6.07) is 7.78. The van der Waals surface area contributed by atoms with Crippen molar-refractivity contribution in [3.05, 3.63) is 24.3 Å². The molecule has 3 rings (SSSR count). The number of para-hydroxylation sites is 2. The third kappa shape index (κ3) is 5.00. The number of hydrogen-bond donors (Lipinski definition) is 2. The van der Waals surface area contributed by atoms with Gasteiger partial charge in [0.25, 0.3) is 0 Å². The van der Waals surface area contributed by atoms with Gasteiger partial charge >= 0.3 is 0 Å². The summed E-state index contributed by atoms with van der Waals surface area (Å²) in [4.78, 5) is 14.4. The number of carbonyl (C=O) groups excluding carboxylic acids is 1. The first-order chi connectivity index (χ1) is 11.4. The van der Waals surface area contributed by atoms with E-state index in [1.54, 1.807) is 0 Å². The highest BCUT2D eigenvalue weighted by atomic mass is 35.5. The standard InChI is InChI=1S/C18H27N3O3.ClH/c1-18(2)12-21(8-7-16(18)19)10-17(22)20-9-13-11-23-14-5-3-4-6-15(14)24-13;/h3-6,13,16H,7-12,19H2,1-2H3,(H,20,22);1H. The average molecular weight is 370 g/mol. The van der Waals surface area contributed by atoms with Crippen LogP contribution < -0.4 is 20.5 Å². The number of nitrogens with one attached hydrogen (secondary N) is 1. The Balaban J connectivity index is 0.00000225. The van der Waals surface area contributed by atoms with E-state index in [0.717, 1.165) is 31.0 Å². The van der Waals surface area contributed by atoms with Crippen molar-refractivity contribution in [2.24, 2.45) is 11.1 Å². The molecule has 7 heteroatoms. The maximum atomic E-state index is 12.2. The zero-order valence-corrected chi connectivity index (χ0v) is 15.7. The van der Waals surface area contributed by atoms with Gasteiger partial charge in [-0.2, -0.15) is 0 Å². The van der Waals surface area contributed by atoms with Gasteiger partial charge in [-0.15, -0.1) is 12.4 Å². The summed E-state index contributed by atoms with van der Waals surface area (Å²) in [6.07, 6.45) is 0.770. The summed E-state index contributed by atoms with van der Waals surface area (Å²) >= 11 is 0. The summed E-state index contributed by atoms with van der Waals surface area (Å²) in [7, 11) is 0. The number of halogens is 1. The van der Waals surface area contributed by atoms with Crippen molar-refractivity contribution in [1.29, 1.82) is 0 Å². The number of amides is 1.